The van der Waals surface area contributed by atoms with Gasteiger partial charge in [-0.05, 0) is 195 Å². The lowest BCUT2D eigenvalue weighted by atomic mass is 9.93. The molecule has 0 saturated carbocycles. The van der Waals surface area contributed by atoms with Crippen LogP contribution >= 0.6 is 11.6 Å². The molecular weight excluding hydrogens is 1140 g/mol. The van der Waals surface area contributed by atoms with E-state index in [4.69, 9.17) is 11.6 Å². The van der Waals surface area contributed by atoms with Crippen LogP contribution in [0.5, 0.6) is 0 Å². The summed E-state index contributed by atoms with van der Waals surface area (Å²) in [5, 5.41) is 14.5. The van der Waals surface area contributed by atoms with E-state index in [1.807, 2.05) is 24.3 Å². The molecule has 0 unspecified atom stereocenters. The fourth-order valence-electron chi connectivity index (χ4n) is 12.2. The first-order chi connectivity index (χ1) is 45.0. The van der Waals surface area contributed by atoms with E-state index in [-0.39, 0.29) is 14.9 Å². The first-order valence-electron chi connectivity index (χ1n) is 30.9. The van der Waals surface area contributed by atoms with Crippen molar-refractivity contribution in [3.8, 4) is 66.8 Å². The van der Waals surface area contributed by atoms with Crippen LogP contribution in [0.4, 0.5) is 28.4 Å². The molecule has 0 aromatic heterocycles. The summed E-state index contributed by atoms with van der Waals surface area (Å²) in [6, 6.07) is 133. The molecule has 16 rings (SSSR count). The molecule has 0 radical (unpaired) electrons. The van der Waals surface area contributed by atoms with Gasteiger partial charge in [0.25, 0.3) is 0 Å². The molecular formula is C90H71ClN2. The highest BCUT2D eigenvalue weighted by Crippen LogP contribution is 2.41. The number of fused-ring (bicyclic) bond motifs is 6. The summed E-state index contributed by atoms with van der Waals surface area (Å²) >= 11 is 6.01. The molecule has 0 heterocycles. The van der Waals surface area contributed by atoms with Gasteiger partial charge in [0.05, 0.1) is 0 Å². The van der Waals surface area contributed by atoms with Crippen LogP contribution < -0.4 is 10.2 Å². The number of nitrogens with one attached hydrogen (secondary N) is 1. The summed E-state index contributed by atoms with van der Waals surface area (Å²) in [6.07, 6.45) is 0. The molecule has 0 atom stereocenters. The maximum absolute atomic E-state index is 6.01. The van der Waals surface area contributed by atoms with E-state index in [1.165, 1.54) is 110 Å². The quantitative estimate of drug-likeness (QED) is 0.130. The van der Waals surface area contributed by atoms with Crippen LogP contribution in [0.3, 0.4) is 0 Å². The van der Waals surface area contributed by atoms with Crippen molar-refractivity contribution in [2.24, 2.45) is 0 Å². The first-order valence-corrected chi connectivity index (χ1v) is 31.3. The van der Waals surface area contributed by atoms with Crippen LogP contribution in [-0.4, -0.2) is 0 Å². The van der Waals surface area contributed by atoms with Gasteiger partial charge in [-0.15, -0.1) is 0 Å². The fourth-order valence-corrected chi connectivity index (χ4v) is 12.4. The van der Waals surface area contributed by atoms with Crippen LogP contribution in [0, 0.1) is 0 Å². The van der Waals surface area contributed by atoms with Crippen LogP contribution in [0.2, 0.25) is 5.02 Å². The summed E-state index contributed by atoms with van der Waals surface area (Å²) in [5.41, 5.74) is 20.2. The van der Waals surface area contributed by atoms with Crippen molar-refractivity contribution >= 4 is 83.1 Å². The summed E-state index contributed by atoms with van der Waals surface area (Å²) in [7, 11) is 0. The SMILES string of the molecule is C.C.Clc1ccc(-c2cc3ccccc3c3ccccc23)cc1.c1ccc(-c2ccc(N(c3ccc(-c4ccccc4)cc3)c3ccc(-c4cc5ccccc5c5ccccc45)cc3)cc2)cc1.c1ccc(-c2ccc(Nc3ccc(-c4ccccc4)cc3)cc2)cc1. The van der Waals surface area contributed by atoms with Crippen molar-refractivity contribution in [1.29, 1.82) is 0 Å². The summed E-state index contributed by atoms with van der Waals surface area (Å²) < 4.78 is 0. The third kappa shape index (κ3) is 13.9. The standard InChI is InChI=1S/C44H31N.C24H19N.C20H13Cl.2CH4/c1-3-11-32(12-4-1)34-19-25-38(26-20-34)45(39-27-21-35(22-28-39)33-13-5-2-6-14-33)40-29-23-36(24-30-40)44-31-37-15-7-8-16-41(37)42-17-9-10-18-43(42)44;1-3-7-19(8-4-1)21-11-15-23(16-12-21)25-24-17-13-22(14-18-24)20-9-5-2-6-10-20;21-16-11-9-14(10-12-16)20-13-15-5-1-2-6-17(15)18-7-3-4-8-19(18)20;;/h1-31H;1-18,25H;1-13H;2*1H4. The van der Waals surface area contributed by atoms with Gasteiger partial charge in [-0.25, -0.2) is 0 Å². The second-order valence-corrected chi connectivity index (χ2v) is 23.0. The number of anilines is 5. The Hall–Kier alpha value is -11.6. The number of halogens is 1. The number of hydrogen-bond acceptors (Lipinski definition) is 2. The Morgan fingerprint density at radius 3 is 0.763 bits per heavy atom. The largest absolute Gasteiger partial charge is 0.356 e. The van der Waals surface area contributed by atoms with Crippen molar-refractivity contribution in [1.82, 2.24) is 0 Å². The van der Waals surface area contributed by atoms with Crippen molar-refractivity contribution in [2.45, 2.75) is 14.9 Å². The van der Waals surface area contributed by atoms with Gasteiger partial charge in [-0.2, -0.15) is 0 Å². The van der Waals surface area contributed by atoms with Crippen LogP contribution in [-0.2, 0) is 0 Å². The Bertz CT molecular complexity index is 4890. The van der Waals surface area contributed by atoms with E-state index >= 15 is 0 Å². The third-order valence-corrected chi connectivity index (χ3v) is 17.1. The second-order valence-electron chi connectivity index (χ2n) is 22.6. The lowest BCUT2D eigenvalue weighted by molar-refractivity contribution is 1.28. The Labute approximate surface area is 552 Å². The number of nitrogens with zero attached hydrogens (tertiary/aromatic N) is 1. The van der Waals surface area contributed by atoms with Gasteiger partial charge in [-0.1, -0.05) is 318 Å². The third-order valence-electron chi connectivity index (χ3n) is 16.9. The first kappa shape index (κ1) is 61.7. The summed E-state index contributed by atoms with van der Waals surface area (Å²) in [6.45, 7) is 0. The lowest BCUT2D eigenvalue weighted by Gasteiger charge is -2.26. The van der Waals surface area contributed by atoms with Crippen molar-refractivity contribution < 1.29 is 0 Å². The fraction of sp³-hybridized carbons (Fsp3) is 0.0222. The molecule has 16 aromatic carbocycles. The number of hydrogen-bond donors (Lipinski definition) is 1. The zero-order valence-electron chi connectivity index (χ0n) is 50.1. The molecule has 93 heavy (non-hydrogen) atoms. The average molecular weight is 1220 g/mol. The number of rotatable bonds is 11. The molecule has 0 amide bonds. The molecule has 0 aliphatic carbocycles. The summed E-state index contributed by atoms with van der Waals surface area (Å²) in [5.74, 6) is 0. The molecule has 1 N–H and O–H groups in total. The summed E-state index contributed by atoms with van der Waals surface area (Å²) in [4.78, 5) is 2.34. The van der Waals surface area contributed by atoms with Crippen LogP contribution in [0.1, 0.15) is 14.9 Å². The molecule has 16 aromatic rings. The zero-order valence-corrected chi connectivity index (χ0v) is 50.9. The van der Waals surface area contributed by atoms with E-state index in [0.717, 1.165) is 33.5 Å². The Morgan fingerprint density at radius 2 is 0.441 bits per heavy atom. The van der Waals surface area contributed by atoms with Crippen molar-refractivity contribution in [2.75, 3.05) is 10.2 Å². The molecule has 448 valence electrons. The van der Waals surface area contributed by atoms with Crippen LogP contribution in [0.15, 0.2) is 376 Å². The van der Waals surface area contributed by atoms with Crippen molar-refractivity contribution in [3.63, 3.8) is 0 Å². The number of benzene rings is 16. The molecule has 0 aliphatic rings. The van der Waals surface area contributed by atoms with Gasteiger partial charge in [0.15, 0.2) is 0 Å². The normalized spacial score (nSPS) is 10.7. The maximum atomic E-state index is 6.01. The van der Waals surface area contributed by atoms with Gasteiger partial charge in [-0.3, -0.25) is 0 Å². The molecule has 2 nitrogen and oxygen atoms in total. The topological polar surface area (TPSA) is 15.3 Å². The van der Waals surface area contributed by atoms with Gasteiger partial charge in [0.2, 0.25) is 0 Å². The molecule has 0 spiro atoms. The predicted molar refractivity (Wildman–Crippen MR) is 405 cm³/mol. The minimum absolute atomic E-state index is 0. The Morgan fingerprint density at radius 1 is 0.204 bits per heavy atom. The molecule has 0 saturated heterocycles. The molecule has 0 aliphatic heterocycles. The maximum Gasteiger partial charge on any atom is 0.0462 e. The van der Waals surface area contributed by atoms with E-state index in [9.17, 15) is 0 Å². The van der Waals surface area contributed by atoms with E-state index in [0.29, 0.717) is 0 Å². The average Bonchev–Trinajstić information content (AvgIpc) is 0.895. The zero-order chi connectivity index (χ0) is 61.1. The van der Waals surface area contributed by atoms with Crippen LogP contribution in [0.25, 0.3) is 110 Å². The molecule has 0 fully saturated rings. The molecule has 3 heteroatoms. The van der Waals surface area contributed by atoms with Gasteiger partial charge in [0.1, 0.15) is 0 Å². The predicted octanol–water partition coefficient (Wildman–Crippen LogP) is 26.8. The van der Waals surface area contributed by atoms with E-state index < -0.39 is 0 Å². The minimum Gasteiger partial charge on any atom is -0.356 e. The molecule has 0 bridgehead atoms. The lowest BCUT2D eigenvalue weighted by Crippen LogP contribution is -2.09. The van der Waals surface area contributed by atoms with Crippen molar-refractivity contribution in [3.05, 3.63) is 381 Å². The minimum atomic E-state index is 0. The Kier molecular flexibility index (Phi) is 19.2. The highest BCUT2D eigenvalue weighted by molar-refractivity contribution is 6.30. The second kappa shape index (κ2) is 28.9. The smallest absolute Gasteiger partial charge is 0.0462 e. The van der Waals surface area contributed by atoms with Gasteiger partial charge in [0, 0.05) is 33.5 Å². The Balaban J connectivity index is 0.000000146. The van der Waals surface area contributed by atoms with Gasteiger partial charge < -0.3 is 10.2 Å². The van der Waals surface area contributed by atoms with E-state index in [2.05, 4.69) is 362 Å². The monoisotopic (exact) mass is 1210 g/mol. The highest BCUT2D eigenvalue weighted by Gasteiger charge is 2.16. The van der Waals surface area contributed by atoms with E-state index in [1.54, 1.807) is 0 Å². The van der Waals surface area contributed by atoms with Gasteiger partial charge >= 0.3 is 0 Å². The highest BCUT2D eigenvalue weighted by atomic mass is 35.5.